The first kappa shape index (κ1) is 14.0. The van der Waals surface area contributed by atoms with Crippen LogP contribution >= 0.6 is 0 Å². The standard InChI is InChI=1S/C12H22N2O3/c1-3-7-13-11(15)9-14-8-5-4-6-10(14)12(16)17-2/h10H,3-9H2,1-2H3,(H,13,15). The number of piperidine rings is 1. The Bertz CT molecular complexity index is 268. The third kappa shape index (κ3) is 4.34. The number of ether oxygens (including phenoxy) is 1. The van der Waals surface area contributed by atoms with Crippen molar-refractivity contribution < 1.29 is 14.3 Å². The van der Waals surface area contributed by atoms with Crippen LogP contribution in [0.2, 0.25) is 0 Å². The summed E-state index contributed by atoms with van der Waals surface area (Å²) < 4.78 is 4.77. The molecule has 1 unspecified atom stereocenters. The quantitative estimate of drug-likeness (QED) is 0.715. The second kappa shape index (κ2) is 7.27. The van der Waals surface area contributed by atoms with Crippen molar-refractivity contribution in [2.24, 2.45) is 0 Å². The van der Waals surface area contributed by atoms with Crippen LogP contribution in [0.25, 0.3) is 0 Å². The van der Waals surface area contributed by atoms with E-state index in [1.165, 1.54) is 7.11 Å². The summed E-state index contributed by atoms with van der Waals surface area (Å²) in [5.41, 5.74) is 0. The lowest BCUT2D eigenvalue weighted by Crippen LogP contribution is -2.49. The Morgan fingerprint density at radius 1 is 1.41 bits per heavy atom. The van der Waals surface area contributed by atoms with Crippen molar-refractivity contribution in [2.45, 2.75) is 38.6 Å². The highest BCUT2D eigenvalue weighted by molar-refractivity contribution is 5.80. The molecule has 0 saturated carbocycles. The molecule has 0 aromatic heterocycles. The van der Waals surface area contributed by atoms with Crippen molar-refractivity contribution in [3.63, 3.8) is 0 Å². The first-order chi connectivity index (χ1) is 8.19. The number of esters is 1. The van der Waals surface area contributed by atoms with E-state index in [0.717, 1.165) is 32.2 Å². The van der Waals surface area contributed by atoms with E-state index in [-0.39, 0.29) is 17.9 Å². The SMILES string of the molecule is CCCNC(=O)CN1CCCCC1C(=O)OC. The number of nitrogens with zero attached hydrogens (tertiary/aromatic N) is 1. The molecular weight excluding hydrogens is 220 g/mol. The molecule has 0 aliphatic carbocycles. The van der Waals surface area contributed by atoms with Gasteiger partial charge in [-0.3, -0.25) is 14.5 Å². The fourth-order valence-corrected chi connectivity index (χ4v) is 2.09. The van der Waals surface area contributed by atoms with Crippen LogP contribution in [-0.4, -0.2) is 49.6 Å². The van der Waals surface area contributed by atoms with Gasteiger partial charge in [0.25, 0.3) is 0 Å². The van der Waals surface area contributed by atoms with Gasteiger partial charge < -0.3 is 10.1 Å². The van der Waals surface area contributed by atoms with Crippen LogP contribution in [0.15, 0.2) is 0 Å². The van der Waals surface area contributed by atoms with Crippen LogP contribution in [-0.2, 0) is 14.3 Å². The zero-order valence-electron chi connectivity index (χ0n) is 10.7. The van der Waals surface area contributed by atoms with Gasteiger partial charge in [-0.05, 0) is 25.8 Å². The highest BCUT2D eigenvalue weighted by Crippen LogP contribution is 2.17. The van der Waals surface area contributed by atoms with E-state index in [4.69, 9.17) is 4.74 Å². The summed E-state index contributed by atoms with van der Waals surface area (Å²) in [5, 5.41) is 2.82. The predicted molar refractivity (Wildman–Crippen MR) is 64.5 cm³/mol. The first-order valence-electron chi connectivity index (χ1n) is 6.27. The molecule has 1 amide bonds. The van der Waals surface area contributed by atoms with Gasteiger partial charge in [0.1, 0.15) is 6.04 Å². The van der Waals surface area contributed by atoms with Gasteiger partial charge in [-0.15, -0.1) is 0 Å². The van der Waals surface area contributed by atoms with E-state index >= 15 is 0 Å². The van der Waals surface area contributed by atoms with E-state index in [0.29, 0.717) is 13.1 Å². The number of hydrogen-bond donors (Lipinski definition) is 1. The van der Waals surface area contributed by atoms with Gasteiger partial charge in [0, 0.05) is 6.54 Å². The van der Waals surface area contributed by atoms with Crippen molar-refractivity contribution >= 4 is 11.9 Å². The third-order valence-corrected chi connectivity index (χ3v) is 3.01. The minimum Gasteiger partial charge on any atom is -0.468 e. The molecule has 0 spiro atoms. The van der Waals surface area contributed by atoms with Gasteiger partial charge in [0.05, 0.1) is 13.7 Å². The zero-order valence-corrected chi connectivity index (χ0v) is 10.7. The Hall–Kier alpha value is -1.10. The Labute approximate surface area is 102 Å². The molecule has 1 rings (SSSR count). The number of hydrogen-bond acceptors (Lipinski definition) is 4. The van der Waals surface area contributed by atoms with Crippen molar-refractivity contribution in [3.05, 3.63) is 0 Å². The lowest BCUT2D eigenvalue weighted by Gasteiger charge is -2.32. The maximum absolute atomic E-state index is 11.6. The van der Waals surface area contributed by atoms with Crippen LogP contribution in [0, 0.1) is 0 Å². The van der Waals surface area contributed by atoms with E-state index in [2.05, 4.69) is 5.32 Å². The number of carbonyl (C=O) groups is 2. The van der Waals surface area contributed by atoms with Crippen LogP contribution < -0.4 is 5.32 Å². The van der Waals surface area contributed by atoms with Crippen molar-refractivity contribution in [2.75, 3.05) is 26.7 Å². The molecule has 1 heterocycles. The van der Waals surface area contributed by atoms with Gasteiger partial charge >= 0.3 is 5.97 Å². The van der Waals surface area contributed by atoms with Crippen molar-refractivity contribution in [1.82, 2.24) is 10.2 Å². The van der Waals surface area contributed by atoms with E-state index < -0.39 is 0 Å². The lowest BCUT2D eigenvalue weighted by atomic mass is 10.0. The number of amides is 1. The Kier molecular flexibility index (Phi) is 5.97. The lowest BCUT2D eigenvalue weighted by molar-refractivity contribution is -0.148. The van der Waals surface area contributed by atoms with Gasteiger partial charge in [-0.25, -0.2) is 0 Å². The maximum Gasteiger partial charge on any atom is 0.323 e. The molecule has 1 atom stereocenters. The Balaban J connectivity index is 2.47. The molecule has 5 nitrogen and oxygen atoms in total. The number of nitrogens with one attached hydrogen (secondary N) is 1. The molecule has 17 heavy (non-hydrogen) atoms. The molecule has 1 fully saturated rings. The monoisotopic (exact) mass is 242 g/mol. The number of rotatable bonds is 5. The molecular formula is C12H22N2O3. The van der Waals surface area contributed by atoms with Crippen LogP contribution in [0.4, 0.5) is 0 Å². The van der Waals surface area contributed by atoms with Crippen LogP contribution in [0.1, 0.15) is 32.6 Å². The van der Waals surface area contributed by atoms with Crippen LogP contribution in [0.5, 0.6) is 0 Å². The molecule has 98 valence electrons. The second-order valence-corrected chi connectivity index (χ2v) is 4.36. The summed E-state index contributed by atoms with van der Waals surface area (Å²) in [6.07, 6.45) is 3.77. The zero-order chi connectivity index (χ0) is 12.7. The first-order valence-corrected chi connectivity index (χ1v) is 6.27. The molecule has 5 heteroatoms. The minimum atomic E-state index is -0.249. The molecule has 1 N–H and O–H groups in total. The molecule has 0 radical (unpaired) electrons. The van der Waals surface area contributed by atoms with Crippen molar-refractivity contribution in [1.29, 1.82) is 0 Å². The fraction of sp³-hybridized carbons (Fsp3) is 0.833. The predicted octanol–water partition coefficient (Wildman–Crippen LogP) is 0.540. The Morgan fingerprint density at radius 3 is 2.82 bits per heavy atom. The molecule has 0 aromatic carbocycles. The van der Waals surface area contributed by atoms with E-state index in [1.807, 2.05) is 11.8 Å². The summed E-state index contributed by atoms with van der Waals surface area (Å²) in [4.78, 5) is 25.1. The third-order valence-electron chi connectivity index (χ3n) is 3.01. The summed E-state index contributed by atoms with van der Waals surface area (Å²) in [5.74, 6) is -0.240. The number of carbonyl (C=O) groups excluding carboxylic acids is 2. The molecule has 1 aliphatic heterocycles. The molecule has 0 bridgehead atoms. The van der Waals surface area contributed by atoms with Crippen LogP contribution in [0.3, 0.4) is 0 Å². The number of likely N-dealkylation sites (tertiary alicyclic amines) is 1. The Morgan fingerprint density at radius 2 is 2.18 bits per heavy atom. The summed E-state index contributed by atoms with van der Waals surface area (Å²) in [6, 6.07) is -0.249. The largest absolute Gasteiger partial charge is 0.468 e. The van der Waals surface area contributed by atoms with Gasteiger partial charge in [0.2, 0.25) is 5.91 Å². The smallest absolute Gasteiger partial charge is 0.323 e. The van der Waals surface area contributed by atoms with Gasteiger partial charge in [-0.2, -0.15) is 0 Å². The average molecular weight is 242 g/mol. The molecule has 1 saturated heterocycles. The average Bonchev–Trinajstić information content (AvgIpc) is 2.36. The summed E-state index contributed by atoms with van der Waals surface area (Å²) in [7, 11) is 1.40. The highest BCUT2D eigenvalue weighted by atomic mass is 16.5. The topological polar surface area (TPSA) is 58.6 Å². The minimum absolute atomic E-state index is 0.0114. The summed E-state index contributed by atoms with van der Waals surface area (Å²) >= 11 is 0. The molecule has 0 aromatic rings. The highest BCUT2D eigenvalue weighted by Gasteiger charge is 2.30. The number of methoxy groups -OCH3 is 1. The van der Waals surface area contributed by atoms with E-state index in [9.17, 15) is 9.59 Å². The normalized spacial score (nSPS) is 20.9. The fourth-order valence-electron chi connectivity index (χ4n) is 2.09. The maximum atomic E-state index is 11.6. The summed E-state index contributed by atoms with van der Waals surface area (Å²) in [6.45, 7) is 3.78. The van der Waals surface area contributed by atoms with Gasteiger partial charge in [0.15, 0.2) is 0 Å². The van der Waals surface area contributed by atoms with E-state index in [1.54, 1.807) is 0 Å². The van der Waals surface area contributed by atoms with Crippen molar-refractivity contribution in [3.8, 4) is 0 Å². The van der Waals surface area contributed by atoms with Gasteiger partial charge in [-0.1, -0.05) is 13.3 Å². The second-order valence-electron chi connectivity index (χ2n) is 4.36. The molecule has 1 aliphatic rings.